The van der Waals surface area contributed by atoms with Crippen LogP contribution < -0.4 is 70.8 Å². The predicted molar refractivity (Wildman–Crippen MR) is 255 cm³/mol. The van der Waals surface area contributed by atoms with Crippen LogP contribution in [0.2, 0.25) is 0 Å². The van der Waals surface area contributed by atoms with E-state index in [1.165, 1.54) is 13.8 Å². The topological polar surface area (TPSA) is 476 Å². The molecule has 1 heterocycles. The molecule has 1 unspecified atom stereocenters. The lowest BCUT2D eigenvalue weighted by Crippen LogP contribution is -2.66. The molecule has 1 aliphatic heterocycles. The first-order valence-electron chi connectivity index (χ1n) is 23.4. The number of primary amides is 1. The number of nitrogens with one attached hydrogen (secondary N) is 9. The summed E-state index contributed by atoms with van der Waals surface area (Å²) in [5.74, 6) is -14.0. The number of carbonyl (C=O) groups excluding carboxylic acids is 10. The van der Waals surface area contributed by atoms with Crippen LogP contribution in [-0.2, 0) is 47.9 Å². The summed E-state index contributed by atoms with van der Waals surface area (Å²) in [4.78, 5) is 140. The van der Waals surface area contributed by atoms with Gasteiger partial charge in [-0.3, -0.25) is 52.9 Å². The number of nitrogens with two attached hydrogens (primary N) is 4. The molecule has 13 atom stereocenters. The van der Waals surface area contributed by atoms with Crippen LogP contribution in [-0.4, -0.2) is 178 Å². The van der Waals surface area contributed by atoms with Crippen LogP contribution in [0.1, 0.15) is 88.0 Å². The summed E-state index contributed by atoms with van der Waals surface area (Å²) in [6, 6.07) is -15.0. The van der Waals surface area contributed by atoms with Gasteiger partial charge in [0.2, 0.25) is 59.1 Å². The average Bonchev–Trinajstić information content (AvgIpc) is 3.29. The number of nitrogens with zero attached hydrogens (tertiary/aromatic N) is 1. The van der Waals surface area contributed by atoms with Gasteiger partial charge in [-0.25, -0.2) is 0 Å². The zero-order valence-electron chi connectivity index (χ0n) is 41.8. The van der Waals surface area contributed by atoms with Gasteiger partial charge in [0.1, 0.15) is 48.3 Å². The van der Waals surface area contributed by atoms with Gasteiger partial charge in [-0.2, -0.15) is 0 Å². The minimum atomic E-state index is -2.45. The molecule has 1 aliphatic rings. The maximum Gasteiger partial charge on any atom is 0.248 e. The Kier molecular flexibility index (Phi) is 26.4. The molecular weight excluding hydrogens is 937 g/mol. The second-order valence-electron chi connectivity index (χ2n) is 18.7. The minimum Gasteiger partial charge on any atom is -0.394 e. The maximum absolute atomic E-state index is 14.2. The molecule has 0 radical (unpaired) electrons. The molecule has 21 N–H and O–H groups in total. The van der Waals surface area contributed by atoms with Crippen molar-refractivity contribution in [3.05, 3.63) is 0 Å². The Morgan fingerprint density at radius 3 is 1.65 bits per heavy atom. The molecular formula is C43H78N14O14. The van der Waals surface area contributed by atoms with E-state index in [2.05, 4.69) is 47.5 Å². The van der Waals surface area contributed by atoms with Gasteiger partial charge in [-0.1, -0.05) is 61.8 Å². The lowest BCUT2D eigenvalue weighted by atomic mass is 9.94. The summed E-state index contributed by atoms with van der Waals surface area (Å²) in [6.45, 7) is 11.9. The van der Waals surface area contributed by atoms with Crippen molar-refractivity contribution in [3.8, 4) is 0 Å². The smallest absolute Gasteiger partial charge is 0.248 e. The monoisotopic (exact) mass is 1010 g/mol. The summed E-state index contributed by atoms with van der Waals surface area (Å²) in [6.07, 6.45) is -5.47. The Hall–Kier alpha value is -6.23. The number of rotatable bonds is 15. The highest BCUT2D eigenvalue weighted by atomic mass is 16.3. The van der Waals surface area contributed by atoms with Crippen LogP contribution in [0, 0.1) is 23.7 Å². The lowest BCUT2D eigenvalue weighted by molar-refractivity contribution is -0.140. The van der Waals surface area contributed by atoms with E-state index in [4.69, 9.17) is 22.9 Å². The van der Waals surface area contributed by atoms with Gasteiger partial charge in [-0.15, -0.1) is 0 Å². The van der Waals surface area contributed by atoms with Crippen molar-refractivity contribution in [2.75, 3.05) is 19.7 Å². The van der Waals surface area contributed by atoms with E-state index in [0.717, 1.165) is 6.92 Å². The number of aliphatic hydroxyl groups excluding tert-OH is 4. The Labute approximate surface area is 412 Å². The molecule has 0 aliphatic carbocycles. The van der Waals surface area contributed by atoms with E-state index in [-0.39, 0.29) is 44.1 Å². The largest absolute Gasteiger partial charge is 0.394 e. The fourth-order valence-corrected chi connectivity index (χ4v) is 7.06. The zero-order valence-corrected chi connectivity index (χ0v) is 41.8. The second-order valence-corrected chi connectivity index (χ2v) is 18.7. The molecule has 404 valence electrons. The van der Waals surface area contributed by atoms with Crippen LogP contribution in [0.15, 0.2) is 4.99 Å². The Balaban J connectivity index is 4.05. The fraction of sp³-hybridized carbons (Fsp3) is 0.744. The van der Waals surface area contributed by atoms with Gasteiger partial charge >= 0.3 is 0 Å². The highest BCUT2D eigenvalue weighted by Gasteiger charge is 2.40. The van der Waals surface area contributed by atoms with Crippen molar-refractivity contribution in [1.29, 1.82) is 0 Å². The van der Waals surface area contributed by atoms with Crippen molar-refractivity contribution in [1.82, 2.24) is 47.9 Å². The number of carbonyl (C=O) groups is 10. The number of guanidine groups is 1. The first-order chi connectivity index (χ1) is 33.0. The molecule has 1 fully saturated rings. The van der Waals surface area contributed by atoms with Crippen molar-refractivity contribution < 1.29 is 68.4 Å². The third kappa shape index (κ3) is 20.2. The van der Waals surface area contributed by atoms with Gasteiger partial charge in [-0.05, 0) is 49.9 Å². The number of amides is 10. The highest BCUT2D eigenvalue weighted by Crippen LogP contribution is 2.15. The molecule has 0 spiro atoms. The van der Waals surface area contributed by atoms with Crippen LogP contribution in [0.25, 0.3) is 0 Å². The van der Waals surface area contributed by atoms with E-state index in [1.807, 2.05) is 5.32 Å². The van der Waals surface area contributed by atoms with E-state index in [9.17, 15) is 68.4 Å². The van der Waals surface area contributed by atoms with Crippen LogP contribution in [0.4, 0.5) is 0 Å². The summed E-state index contributed by atoms with van der Waals surface area (Å²) in [5.41, 5.74) is 22.5. The fourth-order valence-electron chi connectivity index (χ4n) is 7.06. The van der Waals surface area contributed by atoms with Crippen LogP contribution in [0.5, 0.6) is 0 Å². The summed E-state index contributed by atoms with van der Waals surface area (Å²) < 4.78 is 0. The quantitative estimate of drug-likeness (QED) is 0.0412. The Bertz CT molecular complexity index is 1900. The van der Waals surface area contributed by atoms with Crippen LogP contribution >= 0.6 is 0 Å². The molecule has 0 aromatic rings. The zero-order chi connectivity index (χ0) is 54.6. The number of aliphatic hydroxyl groups is 4. The Morgan fingerprint density at radius 2 is 1.14 bits per heavy atom. The standard InChI is InChI=1S/C43H78N14O14/c1-10-20(8)28-40(69)56-29(21(9)59)39(68)49-15-25(60)53-31(33(62)34(45)63)42(71)52-24(16-58)37(66)54-27(18(4)5)26(44)38(67)57-30(32(61)19(6)7)41(70)51-23(14-17(2)3)36(65)50-22(35(64)55-28)12-11-13-48-43(46)47/h17-24,26-33,58-59,61-62H,10-16,44H2,1-9H3,(H2,45,63)(H,49,68)(H,50,65)(H,51,70)(H,52,71)(H,53,60)(H,54,66)(H,55,64)(H,56,69)(H,57,67)(H4,46,47,48)/t20-,21-,22+,23-,24?,26-,27+,28-,29-,30-,31-,32+,33-/m0/s1. The van der Waals surface area contributed by atoms with Crippen LogP contribution in [0.3, 0.4) is 0 Å². The second kappa shape index (κ2) is 29.8. The van der Waals surface area contributed by atoms with Crippen molar-refractivity contribution in [2.45, 2.75) is 161 Å². The molecule has 71 heavy (non-hydrogen) atoms. The summed E-state index contributed by atoms with van der Waals surface area (Å²) in [5, 5.41) is 63.8. The van der Waals surface area contributed by atoms with E-state index in [1.54, 1.807) is 41.5 Å². The molecule has 0 bridgehead atoms. The van der Waals surface area contributed by atoms with Gasteiger partial charge in [0.15, 0.2) is 12.1 Å². The third-order valence-corrected chi connectivity index (χ3v) is 11.5. The van der Waals surface area contributed by atoms with Crippen molar-refractivity contribution in [2.24, 2.45) is 51.6 Å². The number of hydrogen-bond acceptors (Lipinski definition) is 16. The predicted octanol–water partition coefficient (Wildman–Crippen LogP) is -7.64. The van der Waals surface area contributed by atoms with E-state index in [0.29, 0.717) is 0 Å². The van der Waals surface area contributed by atoms with Gasteiger partial charge < -0.3 is 91.2 Å². The lowest BCUT2D eigenvalue weighted by Gasteiger charge is -2.33. The molecule has 28 nitrogen and oxygen atoms in total. The molecule has 10 amide bonds. The molecule has 0 aromatic carbocycles. The van der Waals surface area contributed by atoms with E-state index < -0.39 is 163 Å². The molecule has 0 aromatic heterocycles. The summed E-state index contributed by atoms with van der Waals surface area (Å²) in [7, 11) is 0. The van der Waals surface area contributed by atoms with Crippen molar-refractivity contribution in [3.63, 3.8) is 0 Å². The number of hydrogen-bond donors (Lipinski definition) is 17. The molecule has 28 heteroatoms. The third-order valence-electron chi connectivity index (χ3n) is 11.5. The first kappa shape index (κ1) is 62.8. The SMILES string of the molecule is CC[C@H](C)[C@@H]1NC(=O)[C@@H](CCCN=C(N)N)NC(=O)[C@H](CC(C)C)NC(=O)[C@H]([C@H](O)C(C)C)NC(=O)[C@@H](N)[C@@H](C(C)C)NC(=O)C(CO)NC(=O)[C@H]([C@H](O)C(N)=O)NC(=O)CNC(=O)[C@H]([C@H](C)O)NC1=O. The molecule has 0 saturated carbocycles. The summed E-state index contributed by atoms with van der Waals surface area (Å²) >= 11 is 0. The van der Waals surface area contributed by atoms with Gasteiger partial charge in [0, 0.05) is 6.54 Å². The van der Waals surface area contributed by atoms with E-state index >= 15 is 0 Å². The van der Waals surface area contributed by atoms with Gasteiger partial charge in [0.05, 0.1) is 31.4 Å². The Morgan fingerprint density at radius 1 is 0.634 bits per heavy atom. The first-order valence-corrected chi connectivity index (χ1v) is 23.4. The number of aliphatic imine (C=N–C) groups is 1. The minimum absolute atomic E-state index is 0.00612. The molecule has 1 rings (SSSR count). The molecule has 1 saturated heterocycles. The van der Waals surface area contributed by atoms with Crippen molar-refractivity contribution >= 4 is 65.0 Å². The highest BCUT2D eigenvalue weighted by molar-refractivity contribution is 5.99. The normalized spacial score (nSPS) is 27.4. The average molecular weight is 1020 g/mol. The van der Waals surface area contributed by atoms with Gasteiger partial charge in [0.25, 0.3) is 0 Å². The maximum atomic E-state index is 14.2.